The third-order valence-electron chi connectivity index (χ3n) is 4.69. The van der Waals surface area contributed by atoms with Crippen molar-refractivity contribution in [1.29, 1.82) is 0 Å². The van der Waals surface area contributed by atoms with Gasteiger partial charge in [-0.15, -0.1) is 11.3 Å². The molecular weight excluding hydrogens is 418 g/mol. The fourth-order valence-corrected chi connectivity index (χ4v) is 4.75. The maximum absolute atomic E-state index is 12.8. The first-order valence-electron chi connectivity index (χ1n) is 9.81. The topological polar surface area (TPSA) is 79.4 Å². The Morgan fingerprint density at radius 1 is 1.07 bits per heavy atom. The van der Waals surface area contributed by atoms with Gasteiger partial charge in [0.1, 0.15) is 0 Å². The quantitative estimate of drug-likeness (QED) is 0.521. The van der Waals surface area contributed by atoms with E-state index in [1.54, 1.807) is 34.6 Å². The molecule has 6 nitrogen and oxygen atoms in total. The molecule has 0 saturated heterocycles. The zero-order valence-electron chi connectivity index (χ0n) is 16.8. The van der Waals surface area contributed by atoms with Gasteiger partial charge in [0.25, 0.3) is 5.91 Å². The first-order chi connectivity index (χ1) is 14.5. The fourth-order valence-electron chi connectivity index (χ4n) is 3.00. The van der Waals surface area contributed by atoms with Crippen LogP contribution >= 0.6 is 11.3 Å². The Hall–Kier alpha value is -2.55. The molecule has 30 heavy (non-hydrogen) atoms. The van der Waals surface area contributed by atoms with Crippen molar-refractivity contribution in [1.82, 2.24) is 14.6 Å². The number of likely N-dealkylation sites (N-methyl/N-ethyl adjacent to an activating group) is 1. The third-order valence-corrected chi connectivity index (χ3v) is 7.10. The van der Waals surface area contributed by atoms with Crippen LogP contribution in [-0.4, -0.2) is 43.8 Å². The summed E-state index contributed by atoms with van der Waals surface area (Å²) in [6.07, 6.45) is 3.05. The number of aromatic nitrogens is 1. The SMILES string of the molecule is CCN(CCc1ccccn1)C(=O)c1ccc(S(=O)(=O)NCCc2cccs2)cc1. The van der Waals surface area contributed by atoms with Gasteiger partial charge in [0, 0.05) is 48.4 Å². The minimum absolute atomic E-state index is 0.122. The number of benzene rings is 1. The van der Waals surface area contributed by atoms with Gasteiger partial charge in [0.15, 0.2) is 0 Å². The summed E-state index contributed by atoms with van der Waals surface area (Å²) in [5, 5.41) is 1.97. The summed E-state index contributed by atoms with van der Waals surface area (Å²) >= 11 is 1.60. The Morgan fingerprint density at radius 2 is 1.87 bits per heavy atom. The first kappa shape index (κ1) is 22.1. The molecule has 0 unspecified atom stereocenters. The zero-order valence-corrected chi connectivity index (χ0v) is 18.5. The van der Waals surface area contributed by atoms with Crippen LogP contribution in [0.4, 0.5) is 0 Å². The largest absolute Gasteiger partial charge is 0.339 e. The van der Waals surface area contributed by atoms with E-state index in [1.807, 2.05) is 42.6 Å². The number of nitrogens with one attached hydrogen (secondary N) is 1. The highest BCUT2D eigenvalue weighted by Gasteiger charge is 2.17. The van der Waals surface area contributed by atoms with Gasteiger partial charge in [0.05, 0.1) is 4.90 Å². The maximum atomic E-state index is 12.8. The predicted molar refractivity (Wildman–Crippen MR) is 119 cm³/mol. The molecule has 0 spiro atoms. The molecule has 0 aliphatic carbocycles. The number of nitrogens with zero attached hydrogens (tertiary/aromatic N) is 2. The number of carbonyl (C=O) groups excluding carboxylic acids is 1. The molecule has 1 amide bonds. The highest BCUT2D eigenvalue weighted by molar-refractivity contribution is 7.89. The molecule has 158 valence electrons. The second kappa shape index (κ2) is 10.5. The van der Waals surface area contributed by atoms with Crippen LogP contribution in [0.25, 0.3) is 0 Å². The number of thiophene rings is 1. The van der Waals surface area contributed by atoms with Gasteiger partial charge < -0.3 is 4.90 Å². The summed E-state index contributed by atoms with van der Waals surface area (Å²) < 4.78 is 27.6. The lowest BCUT2D eigenvalue weighted by molar-refractivity contribution is 0.0765. The predicted octanol–water partition coefficient (Wildman–Crippen LogP) is 3.37. The minimum atomic E-state index is -3.61. The smallest absolute Gasteiger partial charge is 0.253 e. The minimum Gasteiger partial charge on any atom is -0.339 e. The number of hydrogen-bond donors (Lipinski definition) is 1. The molecule has 0 atom stereocenters. The summed E-state index contributed by atoms with van der Waals surface area (Å²) in [7, 11) is -3.61. The maximum Gasteiger partial charge on any atom is 0.253 e. The van der Waals surface area contributed by atoms with Crippen LogP contribution in [0.3, 0.4) is 0 Å². The Bertz CT molecular complexity index is 1040. The number of hydrogen-bond acceptors (Lipinski definition) is 5. The van der Waals surface area contributed by atoms with E-state index in [9.17, 15) is 13.2 Å². The molecule has 3 aromatic rings. The Balaban J connectivity index is 1.59. The molecule has 0 bridgehead atoms. The van der Waals surface area contributed by atoms with Crippen LogP contribution in [0.15, 0.2) is 71.1 Å². The van der Waals surface area contributed by atoms with Crippen molar-refractivity contribution in [3.63, 3.8) is 0 Å². The van der Waals surface area contributed by atoms with E-state index in [1.165, 1.54) is 12.1 Å². The van der Waals surface area contributed by atoms with Crippen LogP contribution in [-0.2, 0) is 22.9 Å². The van der Waals surface area contributed by atoms with Gasteiger partial charge in [-0.2, -0.15) is 0 Å². The number of pyridine rings is 1. The molecular formula is C22H25N3O3S2. The summed E-state index contributed by atoms with van der Waals surface area (Å²) in [6, 6.07) is 15.7. The third kappa shape index (κ3) is 5.98. The standard InChI is InChI=1S/C22H25N3O3S2/c1-2-25(16-13-19-6-3-4-14-23-19)22(26)18-8-10-21(11-9-18)30(27,28)24-15-12-20-7-5-17-29-20/h3-11,14,17,24H,2,12-13,15-16H2,1H3. The van der Waals surface area contributed by atoms with Crippen molar-refractivity contribution >= 4 is 27.3 Å². The van der Waals surface area contributed by atoms with E-state index < -0.39 is 10.0 Å². The first-order valence-corrected chi connectivity index (χ1v) is 12.2. The molecule has 0 saturated carbocycles. The number of amides is 1. The lowest BCUT2D eigenvalue weighted by Gasteiger charge is -2.21. The summed E-state index contributed by atoms with van der Waals surface area (Å²) in [4.78, 5) is 20.1. The van der Waals surface area contributed by atoms with Gasteiger partial charge in [0.2, 0.25) is 10.0 Å². The number of carbonyl (C=O) groups is 1. The van der Waals surface area contributed by atoms with Crippen molar-refractivity contribution in [3.8, 4) is 0 Å². The normalized spacial score (nSPS) is 11.4. The molecule has 0 aliphatic rings. The van der Waals surface area contributed by atoms with Gasteiger partial charge in [-0.1, -0.05) is 12.1 Å². The van der Waals surface area contributed by atoms with Crippen LogP contribution in [0.1, 0.15) is 27.9 Å². The molecule has 8 heteroatoms. The summed E-state index contributed by atoms with van der Waals surface area (Å²) in [6.45, 7) is 3.37. The molecule has 2 heterocycles. The molecule has 1 aromatic carbocycles. The van der Waals surface area contributed by atoms with Crippen LogP contribution in [0, 0.1) is 0 Å². The van der Waals surface area contributed by atoms with Crippen LogP contribution < -0.4 is 4.72 Å². The van der Waals surface area contributed by atoms with Crippen molar-refractivity contribution in [2.75, 3.05) is 19.6 Å². The second-order valence-electron chi connectivity index (χ2n) is 6.71. The highest BCUT2D eigenvalue weighted by Crippen LogP contribution is 2.14. The molecule has 3 rings (SSSR count). The number of sulfonamides is 1. The zero-order chi connectivity index (χ0) is 21.4. The van der Waals surface area contributed by atoms with Crippen molar-refractivity contribution < 1.29 is 13.2 Å². The Morgan fingerprint density at radius 3 is 2.50 bits per heavy atom. The van der Waals surface area contributed by atoms with E-state index in [0.29, 0.717) is 38.0 Å². The van der Waals surface area contributed by atoms with Gasteiger partial charge in [-0.05, 0) is 61.2 Å². The second-order valence-corrected chi connectivity index (χ2v) is 9.51. The van der Waals surface area contributed by atoms with E-state index in [2.05, 4.69) is 9.71 Å². The van der Waals surface area contributed by atoms with Crippen molar-refractivity contribution in [2.24, 2.45) is 0 Å². The van der Waals surface area contributed by atoms with E-state index in [4.69, 9.17) is 0 Å². The molecule has 0 aliphatic heterocycles. The van der Waals surface area contributed by atoms with E-state index >= 15 is 0 Å². The lowest BCUT2D eigenvalue weighted by Crippen LogP contribution is -2.33. The van der Waals surface area contributed by atoms with Crippen molar-refractivity contribution in [2.45, 2.75) is 24.7 Å². The Labute approximate surface area is 181 Å². The fraction of sp³-hybridized carbons (Fsp3) is 0.273. The Kier molecular flexibility index (Phi) is 7.73. The van der Waals surface area contributed by atoms with E-state index in [0.717, 1.165) is 10.6 Å². The molecule has 0 radical (unpaired) electrons. The van der Waals surface area contributed by atoms with E-state index in [-0.39, 0.29) is 10.8 Å². The average molecular weight is 444 g/mol. The van der Waals surface area contributed by atoms with Gasteiger partial charge in [-0.3, -0.25) is 9.78 Å². The molecule has 0 fully saturated rings. The summed E-state index contributed by atoms with van der Waals surface area (Å²) in [5.74, 6) is -0.122. The van der Waals surface area contributed by atoms with Gasteiger partial charge >= 0.3 is 0 Å². The van der Waals surface area contributed by atoms with Crippen molar-refractivity contribution in [3.05, 3.63) is 82.3 Å². The average Bonchev–Trinajstić information content (AvgIpc) is 3.28. The highest BCUT2D eigenvalue weighted by atomic mass is 32.2. The van der Waals surface area contributed by atoms with Gasteiger partial charge in [-0.25, -0.2) is 13.1 Å². The lowest BCUT2D eigenvalue weighted by atomic mass is 10.2. The van der Waals surface area contributed by atoms with Crippen LogP contribution in [0.5, 0.6) is 0 Å². The number of rotatable bonds is 10. The molecule has 2 aromatic heterocycles. The summed E-state index contributed by atoms with van der Waals surface area (Å²) in [5.41, 5.74) is 1.40. The van der Waals surface area contributed by atoms with Crippen LogP contribution in [0.2, 0.25) is 0 Å². The molecule has 1 N–H and O–H groups in total. The monoisotopic (exact) mass is 443 g/mol.